The maximum Gasteiger partial charge on any atom is 0.188 e. The molecule has 2 aromatic carbocycles. The SMILES string of the molecule is Cc1ccc(C(=O)COC(C)c2ccccc2)cc1. The molecule has 0 amide bonds. The molecular weight excluding hydrogens is 236 g/mol. The molecule has 0 aliphatic carbocycles. The van der Waals surface area contributed by atoms with Crippen LogP contribution in [0.15, 0.2) is 54.6 Å². The molecule has 1 unspecified atom stereocenters. The molecule has 0 radical (unpaired) electrons. The summed E-state index contributed by atoms with van der Waals surface area (Å²) in [5.74, 6) is 0.0165. The molecule has 1 atom stereocenters. The van der Waals surface area contributed by atoms with E-state index in [4.69, 9.17) is 4.74 Å². The number of ketones is 1. The van der Waals surface area contributed by atoms with Crippen LogP contribution >= 0.6 is 0 Å². The van der Waals surface area contributed by atoms with Gasteiger partial charge in [0, 0.05) is 5.56 Å². The van der Waals surface area contributed by atoms with Gasteiger partial charge in [0.25, 0.3) is 0 Å². The molecule has 0 heterocycles. The van der Waals surface area contributed by atoms with Crippen LogP contribution in [-0.2, 0) is 4.74 Å². The molecule has 98 valence electrons. The van der Waals surface area contributed by atoms with Gasteiger partial charge in [0.1, 0.15) is 6.61 Å². The fraction of sp³-hybridized carbons (Fsp3) is 0.235. The smallest absolute Gasteiger partial charge is 0.188 e. The van der Waals surface area contributed by atoms with E-state index in [9.17, 15) is 4.79 Å². The van der Waals surface area contributed by atoms with E-state index in [1.54, 1.807) is 0 Å². The van der Waals surface area contributed by atoms with Crippen molar-refractivity contribution in [2.75, 3.05) is 6.61 Å². The Bertz CT molecular complexity index is 529. The van der Waals surface area contributed by atoms with Crippen molar-refractivity contribution in [3.05, 3.63) is 71.3 Å². The first-order chi connectivity index (χ1) is 9.16. The highest BCUT2D eigenvalue weighted by atomic mass is 16.5. The average Bonchev–Trinajstić information content (AvgIpc) is 2.46. The molecule has 0 aliphatic rings. The lowest BCUT2D eigenvalue weighted by molar-refractivity contribution is 0.0521. The van der Waals surface area contributed by atoms with Crippen LogP contribution in [0, 0.1) is 6.92 Å². The molecule has 0 spiro atoms. The Labute approximate surface area is 114 Å². The summed E-state index contributed by atoms with van der Waals surface area (Å²) in [6, 6.07) is 17.5. The Kier molecular flexibility index (Phi) is 4.48. The molecule has 2 aromatic rings. The number of hydrogen-bond acceptors (Lipinski definition) is 2. The van der Waals surface area contributed by atoms with E-state index in [2.05, 4.69) is 0 Å². The van der Waals surface area contributed by atoms with E-state index in [-0.39, 0.29) is 18.5 Å². The predicted octanol–water partition coefficient (Wildman–Crippen LogP) is 3.96. The predicted molar refractivity (Wildman–Crippen MR) is 76.3 cm³/mol. The van der Waals surface area contributed by atoms with Crippen LogP contribution in [0.4, 0.5) is 0 Å². The van der Waals surface area contributed by atoms with Gasteiger partial charge in [-0.3, -0.25) is 4.79 Å². The second kappa shape index (κ2) is 6.30. The van der Waals surface area contributed by atoms with Crippen molar-refractivity contribution >= 4 is 5.78 Å². The van der Waals surface area contributed by atoms with Crippen molar-refractivity contribution in [2.24, 2.45) is 0 Å². The number of aryl methyl sites for hydroxylation is 1. The molecule has 2 rings (SSSR count). The lowest BCUT2D eigenvalue weighted by atomic mass is 10.1. The number of ether oxygens (including phenoxy) is 1. The minimum atomic E-state index is -0.0735. The van der Waals surface area contributed by atoms with E-state index in [1.807, 2.05) is 68.4 Å². The summed E-state index contributed by atoms with van der Waals surface area (Å²) in [5, 5.41) is 0. The van der Waals surface area contributed by atoms with Gasteiger partial charge in [-0.25, -0.2) is 0 Å². The fourth-order valence-electron chi connectivity index (χ4n) is 1.84. The molecule has 0 bridgehead atoms. The van der Waals surface area contributed by atoms with Gasteiger partial charge in [0.2, 0.25) is 0 Å². The Morgan fingerprint density at radius 3 is 2.32 bits per heavy atom. The molecule has 0 aliphatic heterocycles. The summed E-state index contributed by atoms with van der Waals surface area (Å²) < 4.78 is 5.62. The lowest BCUT2D eigenvalue weighted by Crippen LogP contribution is -2.11. The highest BCUT2D eigenvalue weighted by Crippen LogP contribution is 2.16. The number of hydrogen-bond donors (Lipinski definition) is 0. The first kappa shape index (κ1) is 13.5. The van der Waals surface area contributed by atoms with E-state index in [0.717, 1.165) is 11.1 Å². The van der Waals surface area contributed by atoms with Gasteiger partial charge in [0.15, 0.2) is 5.78 Å². The molecule has 2 heteroatoms. The Morgan fingerprint density at radius 2 is 1.68 bits per heavy atom. The van der Waals surface area contributed by atoms with Gasteiger partial charge >= 0.3 is 0 Å². The molecular formula is C17H18O2. The first-order valence-corrected chi connectivity index (χ1v) is 6.43. The summed E-state index contributed by atoms with van der Waals surface area (Å²) >= 11 is 0. The Hall–Kier alpha value is -1.93. The standard InChI is InChI=1S/C17H18O2/c1-13-8-10-16(11-9-13)17(18)12-19-14(2)15-6-4-3-5-7-15/h3-11,14H,12H2,1-2H3. The number of carbonyl (C=O) groups excluding carboxylic acids is 1. The van der Waals surface area contributed by atoms with E-state index in [1.165, 1.54) is 0 Å². The number of benzene rings is 2. The third-order valence-electron chi connectivity index (χ3n) is 3.11. The molecule has 0 aromatic heterocycles. The van der Waals surface area contributed by atoms with Crippen LogP contribution in [0.3, 0.4) is 0 Å². The quantitative estimate of drug-likeness (QED) is 0.755. The van der Waals surface area contributed by atoms with Gasteiger partial charge in [-0.2, -0.15) is 0 Å². The zero-order valence-electron chi connectivity index (χ0n) is 11.3. The lowest BCUT2D eigenvalue weighted by Gasteiger charge is -2.12. The second-order valence-corrected chi connectivity index (χ2v) is 4.65. The summed E-state index contributed by atoms with van der Waals surface area (Å²) in [6.07, 6.45) is -0.0735. The Morgan fingerprint density at radius 1 is 1.05 bits per heavy atom. The number of Topliss-reactive ketones (excluding diaryl/α,β-unsaturated/α-hetero) is 1. The van der Waals surface area contributed by atoms with Gasteiger partial charge in [-0.1, -0.05) is 60.2 Å². The average molecular weight is 254 g/mol. The van der Waals surface area contributed by atoms with E-state index >= 15 is 0 Å². The van der Waals surface area contributed by atoms with E-state index < -0.39 is 0 Å². The van der Waals surface area contributed by atoms with Crippen molar-refractivity contribution in [3.8, 4) is 0 Å². The van der Waals surface area contributed by atoms with Gasteiger partial charge < -0.3 is 4.74 Å². The van der Waals surface area contributed by atoms with Crippen molar-refractivity contribution in [2.45, 2.75) is 20.0 Å². The summed E-state index contributed by atoms with van der Waals surface area (Å²) in [7, 11) is 0. The highest BCUT2D eigenvalue weighted by molar-refractivity contribution is 5.97. The molecule has 0 N–H and O–H groups in total. The van der Waals surface area contributed by atoms with Crippen LogP contribution in [-0.4, -0.2) is 12.4 Å². The monoisotopic (exact) mass is 254 g/mol. The van der Waals surface area contributed by atoms with Crippen molar-refractivity contribution in [3.63, 3.8) is 0 Å². The zero-order valence-corrected chi connectivity index (χ0v) is 11.3. The molecule has 0 fully saturated rings. The maximum atomic E-state index is 12.0. The van der Waals surface area contributed by atoms with Crippen LogP contribution in [0.2, 0.25) is 0 Å². The minimum absolute atomic E-state index is 0.0165. The number of rotatable bonds is 5. The largest absolute Gasteiger partial charge is 0.366 e. The number of carbonyl (C=O) groups is 1. The minimum Gasteiger partial charge on any atom is -0.366 e. The van der Waals surface area contributed by atoms with Crippen LogP contribution in [0.5, 0.6) is 0 Å². The molecule has 0 saturated carbocycles. The highest BCUT2D eigenvalue weighted by Gasteiger charge is 2.10. The molecule has 2 nitrogen and oxygen atoms in total. The van der Waals surface area contributed by atoms with E-state index in [0.29, 0.717) is 5.56 Å². The Balaban J connectivity index is 1.92. The summed E-state index contributed by atoms with van der Waals surface area (Å²) in [5.41, 5.74) is 2.93. The van der Waals surface area contributed by atoms with Crippen molar-refractivity contribution in [1.29, 1.82) is 0 Å². The van der Waals surface area contributed by atoms with Crippen LogP contribution in [0.25, 0.3) is 0 Å². The van der Waals surface area contributed by atoms with Crippen molar-refractivity contribution < 1.29 is 9.53 Å². The fourth-order valence-corrected chi connectivity index (χ4v) is 1.84. The third kappa shape index (κ3) is 3.76. The van der Waals surface area contributed by atoms with Gasteiger partial charge in [-0.15, -0.1) is 0 Å². The summed E-state index contributed by atoms with van der Waals surface area (Å²) in [6.45, 7) is 4.07. The van der Waals surface area contributed by atoms with Gasteiger partial charge in [0.05, 0.1) is 6.10 Å². The van der Waals surface area contributed by atoms with Crippen LogP contribution in [0.1, 0.15) is 34.5 Å². The molecule has 0 saturated heterocycles. The maximum absolute atomic E-state index is 12.0. The zero-order chi connectivity index (χ0) is 13.7. The van der Waals surface area contributed by atoms with Crippen LogP contribution < -0.4 is 0 Å². The topological polar surface area (TPSA) is 26.3 Å². The third-order valence-corrected chi connectivity index (χ3v) is 3.11. The van der Waals surface area contributed by atoms with Gasteiger partial charge in [-0.05, 0) is 19.4 Å². The normalized spacial score (nSPS) is 12.1. The molecule has 19 heavy (non-hydrogen) atoms. The second-order valence-electron chi connectivity index (χ2n) is 4.65. The van der Waals surface area contributed by atoms with Crippen molar-refractivity contribution in [1.82, 2.24) is 0 Å². The first-order valence-electron chi connectivity index (χ1n) is 6.43. The summed E-state index contributed by atoms with van der Waals surface area (Å²) in [4.78, 5) is 12.0.